The molecule has 35 heavy (non-hydrogen) atoms. The Labute approximate surface area is 204 Å². The van der Waals surface area contributed by atoms with Crippen molar-refractivity contribution in [3.05, 3.63) is 95.1 Å². The first-order valence-electron chi connectivity index (χ1n) is 11.9. The average molecular weight is 472 g/mol. The van der Waals surface area contributed by atoms with Crippen LogP contribution in [0.25, 0.3) is 0 Å². The molecule has 3 aromatic carbocycles. The van der Waals surface area contributed by atoms with Gasteiger partial charge in [-0.2, -0.15) is 0 Å². The van der Waals surface area contributed by atoms with E-state index in [-0.39, 0.29) is 18.2 Å². The predicted octanol–water partition coefficient (Wildman–Crippen LogP) is 3.51. The molecule has 0 radical (unpaired) electrons. The number of imide groups is 1. The van der Waals surface area contributed by atoms with E-state index in [1.807, 2.05) is 36.4 Å². The Kier molecular flexibility index (Phi) is 6.53. The second kappa shape index (κ2) is 9.90. The molecule has 7 heteroatoms. The van der Waals surface area contributed by atoms with Gasteiger partial charge in [0.15, 0.2) is 0 Å². The number of aliphatic hydroxyl groups excluding tert-OH is 1. The molecule has 7 nitrogen and oxygen atoms in total. The third-order valence-electron chi connectivity index (χ3n) is 6.75. The lowest BCUT2D eigenvalue weighted by Crippen LogP contribution is -2.51. The zero-order chi connectivity index (χ0) is 24.4. The fraction of sp³-hybridized carbons (Fsp3) is 0.286. The number of carbonyl (C=O) groups is 2. The zero-order valence-electron chi connectivity index (χ0n) is 19.7. The van der Waals surface area contributed by atoms with Gasteiger partial charge >= 0.3 is 0 Å². The normalized spacial score (nSPS) is 19.8. The van der Waals surface area contributed by atoms with E-state index >= 15 is 0 Å². The summed E-state index contributed by atoms with van der Waals surface area (Å²) < 4.78 is 6.15. The highest BCUT2D eigenvalue weighted by molar-refractivity contribution is 6.00. The van der Waals surface area contributed by atoms with Crippen molar-refractivity contribution in [2.75, 3.05) is 11.9 Å². The number of aliphatic hydroxyl groups is 1. The average Bonchev–Trinajstić information content (AvgIpc) is 3.21. The smallest absolute Gasteiger partial charge is 0.244 e. The molecule has 2 atom stereocenters. The topological polar surface area (TPSA) is 82.1 Å². The Morgan fingerprint density at radius 1 is 1.00 bits per heavy atom. The molecule has 2 heterocycles. The molecular weight excluding hydrogens is 442 g/mol. The van der Waals surface area contributed by atoms with Crippen molar-refractivity contribution in [2.24, 2.45) is 0 Å². The van der Waals surface area contributed by atoms with Gasteiger partial charge in [0.25, 0.3) is 0 Å². The van der Waals surface area contributed by atoms with E-state index in [1.165, 1.54) is 11.3 Å². The van der Waals surface area contributed by atoms with Crippen molar-refractivity contribution in [2.45, 2.75) is 44.8 Å². The molecule has 1 fully saturated rings. The highest BCUT2D eigenvalue weighted by Gasteiger charge is 2.40. The van der Waals surface area contributed by atoms with Gasteiger partial charge in [-0.15, -0.1) is 0 Å². The van der Waals surface area contributed by atoms with Crippen LogP contribution in [-0.4, -0.2) is 34.9 Å². The first-order chi connectivity index (χ1) is 17.0. The molecule has 0 bridgehead atoms. The summed E-state index contributed by atoms with van der Waals surface area (Å²) in [6.07, 6.45) is -0.229. The van der Waals surface area contributed by atoms with Crippen molar-refractivity contribution < 1.29 is 19.4 Å². The van der Waals surface area contributed by atoms with Crippen molar-refractivity contribution in [3.63, 3.8) is 0 Å². The number of anilines is 1. The van der Waals surface area contributed by atoms with Gasteiger partial charge in [0, 0.05) is 43.4 Å². The highest BCUT2D eigenvalue weighted by atomic mass is 16.5. The number of amides is 2. The van der Waals surface area contributed by atoms with Crippen LogP contribution in [0.3, 0.4) is 0 Å². The summed E-state index contributed by atoms with van der Waals surface area (Å²) >= 11 is 0. The summed E-state index contributed by atoms with van der Waals surface area (Å²) in [5.74, 6) is 0.0806. The number of carbonyl (C=O) groups excluding carboxylic acids is 2. The van der Waals surface area contributed by atoms with Gasteiger partial charge in [0.1, 0.15) is 18.6 Å². The second-order valence-electron chi connectivity index (χ2n) is 9.13. The molecular formula is C28H29N3O4. The van der Waals surface area contributed by atoms with Crippen LogP contribution in [0.1, 0.15) is 41.3 Å². The monoisotopic (exact) mass is 471 g/mol. The molecule has 2 aliphatic heterocycles. The van der Waals surface area contributed by atoms with Gasteiger partial charge in [0.2, 0.25) is 11.8 Å². The maximum absolute atomic E-state index is 12.3. The molecule has 0 aliphatic carbocycles. The summed E-state index contributed by atoms with van der Waals surface area (Å²) in [6, 6.07) is 23.7. The van der Waals surface area contributed by atoms with E-state index in [0.29, 0.717) is 25.3 Å². The van der Waals surface area contributed by atoms with Gasteiger partial charge in [-0.3, -0.25) is 19.8 Å². The van der Waals surface area contributed by atoms with Crippen LogP contribution in [0, 0.1) is 0 Å². The van der Waals surface area contributed by atoms with Crippen LogP contribution in [0.2, 0.25) is 0 Å². The SMILES string of the molecule is CN(Cc1ccc(COc2cccc3c2CN(C2CCC(=O)NC2=O)C3O)cc1)c1ccccc1. The Balaban J connectivity index is 1.23. The first kappa shape index (κ1) is 23.1. The van der Waals surface area contributed by atoms with Crippen molar-refractivity contribution in [1.82, 2.24) is 10.2 Å². The molecule has 3 aromatic rings. The standard InChI is InChI=1S/C28H29N3O4/c1-30(21-6-3-2-4-7-21)16-19-10-12-20(13-11-19)18-35-25-9-5-8-22-23(25)17-31(28(22)34)24-14-15-26(32)29-27(24)33/h2-13,24,28,34H,14-18H2,1H3,(H,29,32,33). The number of nitrogens with zero attached hydrogens (tertiary/aromatic N) is 2. The zero-order valence-corrected chi connectivity index (χ0v) is 19.7. The number of benzene rings is 3. The predicted molar refractivity (Wildman–Crippen MR) is 132 cm³/mol. The van der Waals surface area contributed by atoms with E-state index in [1.54, 1.807) is 4.90 Å². The first-order valence-corrected chi connectivity index (χ1v) is 11.9. The minimum absolute atomic E-state index is 0.265. The Morgan fingerprint density at radius 3 is 2.49 bits per heavy atom. The lowest BCUT2D eigenvalue weighted by molar-refractivity contribution is -0.141. The summed E-state index contributed by atoms with van der Waals surface area (Å²) in [4.78, 5) is 27.8. The largest absolute Gasteiger partial charge is 0.489 e. The van der Waals surface area contributed by atoms with E-state index in [2.05, 4.69) is 53.7 Å². The highest BCUT2D eigenvalue weighted by Crippen LogP contribution is 2.39. The fourth-order valence-electron chi connectivity index (χ4n) is 4.81. The van der Waals surface area contributed by atoms with Crippen LogP contribution in [0.15, 0.2) is 72.8 Å². The molecule has 0 aromatic heterocycles. The van der Waals surface area contributed by atoms with Gasteiger partial charge in [-0.05, 0) is 35.7 Å². The van der Waals surface area contributed by atoms with Crippen LogP contribution in [-0.2, 0) is 29.3 Å². The second-order valence-corrected chi connectivity index (χ2v) is 9.13. The minimum atomic E-state index is -0.904. The number of para-hydroxylation sites is 1. The van der Waals surface area contributed by atoms with Gasteiger partial charge in [-0.25, -0.2) is 0 Å². The lowest BCUT2D eigenvalue weighted by Gasteiger charge is -2.31. The van der Waals surface area contributed by atoms with Crippen LogP contribution >= 0.6 is 0 Å². The maximum atomic E-state index is 12.3. The van der Waals surface area contributed by atoms with Crippen molar-refractivity contribution in [3.8, 4) is 5.75 Å². The summed E-state index contributed by atoms with van der Waals surface area (Å²) in [5, 5.41) is 13.2. The van der Waals surface area contributed by atoms with E-state index in [0.717, 1.165) is 23.2 Å². The summed E-state index contributed by atoms with van der Waals surface area (Å²) in [7, 11) is 2.08. The molecule has 2 aliphatic rings. The molecule has 0 spiro atoms. The molecule has 2 amide bonds. The van der Waals surface area contributed by atoms with Gasteiger partial charge in [-0.1, -0.05) is 54.6 Å². The lowest BCUT2D eigenvalue weighted by atomic mass is 10.0. The summed E-state index contributed by atoms with van der Waals surface area (Å²) in [6.45, 7) is 1.61. The van der Waals surface area contributed by atoms with Gasteiger partial charge in [0.05, 0.1) is 6.04 Å². The molecule has 2 N–H and O–H groups in total. The number of piperidine rings is 1. The molecule has 180 valence electrons. The van der Waals surface area contributed by atoms with Crippen LogP contribution < -0.4 is 15.0 Å². The van der Waals surface area contributed by atoms with Crippen LogP contribution in [0.5, 0.6) is 5.75 Å². The molecule has 0 saturated carbocycles. The van der Waals surface area contributed by atoms with E-state index in [9.17, 15) is 14.7 Å². The van der Waals surface area contributed by atoms with Gasteiger partial charge < -0.3 is 14.7 Å². The number of hydrogen-bond donors (Lipinski definition) is 2. The molecule has 2 unspecified atom stereocenters. The number of rotatable bonds is 7. The number of nitrogens with one attached hydrogen (secondary N) is 1. The van der Waals surface area contributed by atoms with Crippen LogP contribution in [0.4, 0.5) is 5.69 Å². The third kappa shape index (κ3) is 4.92. The Bertz CT molecular complexity index is 1210. The van der Waals surface area contributed by atoms with E-state index in [4.69, 9.17) is 4.74 Å². The Hall–Kier alpha value is -3.68. The number of ether oxygens (including phenoxy) is 1. The number of hydrogen-bond acceptors (Lipinski definition) is 6. The fourth-order valence-corrected chi connectivity index (χ4v) is 4.81. The molecule has 5 rings (SSSR count). The summed E-state index contributed by atoms with van der Waals surface area (Å²) in [5.41, 5.74) is 5.06. The van der Waals surface area contributed by atoms with Crippen molar-refractivity contribution >= 4 is 17.5 Å². The number of fused-ring (bicyclic) bond motifs is 1. The third-order valence-corrected chi connectivity index (χ3v) is 6.75. The van der Waals surface area contributed by atoms with Crippen molar-refractivity contribution in [1.29, 1.82) is 0 Å². The maximum Gasteiger partial charge on any atom is 0.244 e. The Morgan fingerprint density at radius 2 is 1.74 bits per heavy atom. The molecule has 1 saturated heterocycles. The quantitative estimate of drug-likeness (QED) is 0.513. The van der Waals surface area contributed by atoms with E-state index < -0.39 is 12.3 Å². The minimum Gasteiger partial charge on any atom is -0.489 e.